The van der Waals surface area contributed by atoms with Crippen molar-refractivity contribution in [2.75, 3.05) is 18.0 Å². The van der Waals surface area contributed by atoms with E-state index in [1.807, 2.05) is 12.1 Å². The van der Waals surface area contributed by atoms with Gasteiger partial charge in [0.1, 0.15) is 11.5 Å². The summed E-state index contributed by atoms with van der Waals surface area (Å²) < 4.78 is 5.61. The number of nitrogens with zero attached hydrogens (tertiary/aromatic N) is 3. The van der Waals surface area contributed by atoms with Crippen molar-refractivity contribution in [3.05, 3.63) is 82.1 Å². The summed E-state index contributed by atoms with van der Waals surface area (Å²) in [7, 11) is 0. The molecule has 4 rings (SSSR count). The van der Waals surface area contributed by atoms with Gasteiger partial charge in [0, 0.05) is 30.4 Å². The van der Waals surface area contributed by atoms with E-state index in [0.717, 1.165) is 18.8 Å². The molecule has 0 radical (unpaired) electrons. The SMILES string of the molecule is O=C(N/N=C\c1ccc(-c2ccccc2[N+](=O)[O-])o1)c1ccc(N2CCCC2)cc1. The molecule has 0 atom stereocenters. The number of carbonyl (C=O) groups is 1. The number of nitro benzene ring substituents is 1. The van der Waals surface area contributed by atoms with Gasteiger partial charge in [0.25, 0.3) is 11.6 Å². The molecule has 2 heterocycles. The molecule has 8 heteroatoms. The van der Waals surface area contributed by atoms with Gasteiger partial charge in [0.05, 0.1) is 16.7 Å². The zero-order valence-corrected chi connectivity index (χ0v) is 16.2. The molecule has 1 N–H and O–H groups in total. The van der Waals surface area contributed by atoms with Crippen LogP contribution < -0.4 is 10.3 Å². The Kier molecular flexibility index (Phi) is 5.56. The van der Waals surface area contributed by atoms with Crippen LogP contribution in [0.4, 0.5) is 11.4 Å². The van der Waals surface area contributed by atoms with Crippen molar-refractivity contribution in [1.29, 1.82) is 0 Å². The van der Waals surface area contributed by atoms with E-state index in [1.165, 1.54) is 25.1 Å². The number of benzene rings is 2. The van der Waals surface area contributed by atoms with Crippen LogP contribution in [0.2, 0.25) is 0 Å². The summed E-state index contributed by atoms with van der Waals surface area (Å²) in [6, 6.07) is 17.0. The van der Waals surface area contributed by atoms with Gasteiger partial charge in [-0.15, -0.1) is 0 Å². The van der Waals surface area contributed by atoms with E-state index in [2.05, 4.69) is 15.4 Å². The van der Waals surface area contributed by atoms with Crippen molar-refractivity contribution < 1.29 is 14.1 Å². The average Bonchev–Trinajstić information content (AvgIpc) is 3.46. The number of rotatable bonds is 6. The second kappa shape index (κ2) is 8.60. The fourth-order valence-corrected chi connectivity index (χ4v) is 3.43. The van der Waals surface area contributed by atoms with Crippen molar-refractivity contribution in [2.24, 2.45) is 5.10 Å². The van der Waals surface area contributed by atoms with Crippen LogP contribution in [0.5, 0.6) is 0 Å². The molecule has 1 aromatic heterocycles. The lowest BCUT2D eigenvalue weighted by atomic mass is 10.1. The van der Waals surface area contributed by atoms with Gasteiger partial charge >= 0.3 is 0 Å². The van der Waals surface area contributed by atoms with Gasteiger partial charge in [0.15, 0.2) is 0 Å². The first-order valence-electron chi connectivity index (χ1n) is 9.64. The molecule has 2 aromatic carbocycles. The maximum atomic E-state index is 12.3. The van der Waals surface area contributed by atoms with E-state index in [9.17, 15) is 14.9 Å². The molecule has 1 saturated heterocycles. The van der Waals surface area contributed by atoms with E-state index < -0.39 is 4.92 Å². The highest BCUT2D eigenvalue weighted by Gasteiger charge is 2.17. The number of hydrogen-bond donors (Lipinski definition) is 1. The fraction of sp³-hybridized carbons (Fsp3) is 0.182. The molecule has 1 aliphatic heterocycles. The van der Waals surface area contributed by atoms with Crippen molar-refractivity contribution in [3.8, 4) is 11.3 Å². The van der Waals surface area contributed by atoms with Crippen molar-refractivity contribution in [2.45, 2.75) is 12.8 Å². The molecule has 1 aliphatic rings. The highest BCUT2D eigenvalue weighted by atomic mass is 16.6. The number of nitrogens with one attached hydrogen (secondary N) is 1. The summed E-state index contributed by atoms with van der Waals surface area (Å²) >= 11 is 0. The minimum absolute atomic E-state index is 0.0407. The zero-order chi connectivity index (χ0) is 20.9. The van der Waals surface area contributed by atoms with Gasteiger partial charge in [-0.05, 0) is 55.3 Å². The molecule has 3 aromatic rings. The molecule has 0 aliphatic carbocycles. The van der Waals surface area contributed by atoms with Crippen molar-refractivity contribution in [1.82, 2.24) is 5.43 Å². The Morgan fingerprint density at radius 3 is 2.53 bits per heavy atom. The zero-order valence-electron chi connectivity index (χ0n) is 16.2. The van der Waals surface area contributed by atoms with E-state index in [-0.39, 0.29) is 11.6 Å². The summed E-state index contributed by atoms with van der Waals surface area (Å²) in [5, 5.41) is 15.1. The molecule has 152 valence electrons. The third-order valence-electron chi connectivity index (χ3n) is 4.95. The number of hydrogen-bond acceptors (Lipinski definition) is 6. The average molecular weight is 404 g/mol. The molecule has 0 unspecified atom stereocenters. The Hall–Kier alpha value is -3.94. The number of furan rings is 1. The van der Waals surface area contributed by atoms with Crippen LogP contribution in [0.1, 0.15) is 29.0 Å². The van der Waals surface area contributed by atoms with E-state index >= 15 is 0 Å². The maximum absolute atomic E-state index is 12.3. The van der Waals surface area contributed by atoms with Gasteiger partial charge in [0.2, 0.25) is 0 Å². The van der Waals surface area contributed by atoms with Crippen LogP contribution in [-0.2, 0) is 0 Å². The molecule has 1 amide bonds. The number of anilines is 1. The Morgan fingerprint density at radius 1 is 1.07 bits per heavy atom. The van der Waals surface area contributed by atoms with Crippen LogP contribution in [0.15, 0.2) is 70.2 Å². The van der Waals surface area contributed by atoms with E-state index in [1.54, 1.807) is 42.5 Å². The Morgan fingerprint density at radius 2 is 1.80 bits per heavy atom. The normalized spacial score (nSPS) is 13.7. The first kappa shape index (κ1) is 19.4. The summed E-state index contributed by atoms with van der Waals surface area (Å²) in [4.78, 5) is 25.3. The molecule has 8 nitrogen and oxygen atoms in total. The minimum atomic E-state index is -0.458. The summed E-state index contributed by atoms with van der Waals surface area (Å²) in [6.07, 6.45) is 3.75. The first-order chi connectivity index (χ1) is 14.6. The smallest absolute Gasteiger partial charge is 0.280 e. The van der Waals surface area contributed by atoms with Gasteiger partial charge in [-0.2, -0.15) is 5.10 Å². The number of amides is 1. The number of nitro groups is 1. The van der Waals surface area contributed by atoms with Gasteiger partial charge in [-0.25, -0.2) is 5.43 Å². The van der Waals surface area contributed by atoms with Gasteiger partial charge in [-0.3, -0.25) is 14.9 Å². The van der Waals surface area contributed by atoms with Crippen LogP contribution >= 0.6 is 0 Å². The van der Waals surface area contributed by atoms with Crippen LogP contribution in [0.3, 0.4) is 0 Å². The van der Waals surface area contributed by atoms with E-state index in [4.69, 9.17) is 4.42 Å². The summed E-state index contributed by atoms with van der Waals surface area (Å²) in [6.45, 7) is 2.10. The minimum Gasteiger partial charge on any atom is -0.455 e. The molecular formula is C22H20N4O4. The van der Waals surface area contributed by atoms with Crippen LogP contribution in [0, 0.1) is 10.1 Å². The molecule has 0 saturated carbocycles. The third-order valence-corrected chi connectivity index (χ3v) is 4.95. The second-order valence-electron chi connectivity index (χ2n) is 6.92. The molecule has 0 bridgehead atoms. The first-order valence-corrected chi connectivity index (χ1v) is 9.64. The predicted molar refractivity (Wildman–Crippen MR) is 114 cm³/mol. The highest BCUT2D eigenvalue weighted by molar-refractivity contribution is 5.95. The quantitative estimate of drug-likeness (QED) is 0.377. The second-order valence-corrected chi connectivity index (χ2v) is 6.92. The summed E-state index contributed by atoms with van der Waals surface area (Å²) in [5.74, 6) is 0.394. The third kappa shape index (κ3) is 4.22. The largest absolute Gasteiger partial charge is 0.455 e. The molecule has 0 spiro atoms. The van der Waals surface area contributed by atoms with Crippen molar-refractivity contribution in [3.63, 3.8) is 0 Å². The standard InChI is InChI=1S/C22H20N4O4/c27-22(16-7-9-17(10-8-16)25-13-3-4-14-25)24-23-15-18-11-12-21(30-18)19-5-1-2-6-20(19)26(28)29/h1-2,5-12,15H,3-4,13-14H2,(H,24,27)/b23-15-. The highest BCUT2D eigenvalue weighted by Crippen LogP contribution is 2.30. The Bertz CT molecular complexity index is 1080. The lowest BCUT2D eigenvalue weighted by Gasteiger charge is -2.17. The van der Waals surface area contributed by atoms with Gasteiger partial charge < -0.3 is 9.32 Å². The van der Waals surface area contributed by atoms with Crippen molar-refractivity contribution >= 4 is 23.5 Å². The topological polar surface area (TPSA) is 101 Å². The lowest BCUT2D eigenvalue weighted by Crippen LogP contribution is -2.19. The molecule has 1 fully saturated rings. The number of hydrazone groups is 1. The Labute approximate surface area is 173 Å². The van der Waals surface area contributed by atoms with Gasteiger partial charge in [-0.1, -0.05) is 12.1 Å². The Balaban J connectivity index is 1.39. The molecular weight excluding hydrogens is 384 g/mol. The van der Waals surface area contributed by atoms with E-state index in [0.29, 0.717) is 22.6 Å². The fourth-order valence-electron chi connectivity index (χ4n) is 3.43. The predicted octanol–water partition coefficient (Wildman–Crippen LogP) is 4.22. The lowest BCUT2D eigenvalue weighted by molar-refractivity contribution is -0.384. The summed E-state index contributed by atoms with van der Waals surface area (Å²) in [5.41, 5.74) is 4.43. The monoisotopic (exact) mass is 404 g/mol. The number of carbonyl (C=O) groups excluding carboxylic acids is 1. The number of para-hydroxylation sites is 1. The molecule has 30 heavy (non-hydrogen) atoms. The van der Waals surface area contributed by atoms with Crippen LogP contribution in [-0.4, -0.2) is 30.1 Å². The maximum Gasteiger partial charge on any atom is 0.280 e. The van der Waals surface area contributed by atoms with Crippen LogP contribution in [0.25, 0.3) is 11.3 Å².